The van der Waals surface area contributed by atoms with E-state index in [9.17, 15) is 4.79 Å². The minimum absolute atomic E-state index is 0.219. The van der Waals surface area contributed by atoms with Crippen molar-refractivity contribution in [3.05, 3.63) is 0 Å². The van der Waals surface area contributed by atoms with Crippen LogP contribution in [0.3, 0.4) is 0 Å². The van der Waals surface area contributed by atoms with Gasteiger partial charge in [-0.2, -0.15) is 0 Å². The molecular weight excluding hydrogens is 238 g/mol. The Balaban J connectivity index is 0. The molecule has 0 amide bonds. The SMILES string of the molecule is CC.CC(C=O)CCCCN.CN1CCN(C)CC1. The Bertz CT molecular complexity index is 170. The van der Waals surface area contributed by atoms with Crippen LogP contribution >= 0.6 is 0 Å². The van der Waals surface area contributed by atoms with Crippen LogP contribution < -0.4 is 5.73 Å². The maximum atomic E-state index is 10.1. The highest BCUT2D eigenvalue weighted by Crippen LogP contribution is 2.03. The van der Waals surface area contributed by atoms with E-state index in [0.29, 0.717) is 0 Å². The normalized spacial score (nSPS) is 17.6. The third-order valence-corrected chi connectivity index (χ3v) is 3.07. The number of nitrogens with zero attached hydrogens (tertiary/aromatic N) is 2. The first kappa shape index (κ1) is 20.9. The van der Waals surface area contributed by atoms with E-state index in [1.165, 1.54) is 26.2 Å². The van der Waals surface area contributed by atoms with E-state index in [4.69, 9.17) is 5.73 Å². The summed E-state index contributed by atoms with van der Waals surface area (Å²) in [4.78, 5) is 14.8. The second-order valence-corrected chi connectivity index (χ2v) is 5.00. The number of unbranched alkanes of at least 4 members (excludes halogenated alkanes) is 1. The predicted octanol–water partition coefficient (Wildman–Crippen LogP) is 1.84. The second kappa shape index (κ2) is 15.6. The number of carbonyl (C=O) groups is 1. The average molecular weight is 273 g/mol. The van der Waals surface area contributed by atoms with E-state index in [0.717, 1.165) is 32.1 Å². The third-order valence-electron chi connectivity index (χ3n) is 3.07. The number of rotatable bonds is 5. The molecule has 0 aromatic carbocycles. The van der Waals surface area contributed by atoms with Crippen molar-refractivity contribution in [2.75, 3.05) is 46.8 Å². The number of nitrogens with two attached hydrogens (primary N) is 1. The minimum Gasteiger partial charge on any atom is -0.330 e. The molecule has 4 nitrogen and oxygen atoms in total. The highest BCUT2D eigenvalue weighted by atomic mass is 16.1. The van der Waals surface area contributed by atoms with Gasteiger partial charge in [0.2, 0.25) is 0 Å². The Morgan fingerprint density at radius 2 is 1.47 bits per heavy atom. The van der Waals surface area contributed by atoms with E-state index < -0.39 is 0 Å². The Morgan fingerprint density at radius 1 is 1.05 bits per heavy atom. The van der Waals surface area contributed by atoms with Gasteiger partial charge in [0.25, 0.3) is 0 Å². The topological polar surface area (TPSA) is 49.6 Å². The van der Waals surface area contributed by atoms with Crippen LogP contribution in [0, 0.1) is 5.92 Å². The van der Waals surface area contributed by atoms with Gasteiger partial charge in [-0.25, -0.2) is 0 Å². The molecule has 0 spiro atoms. The van der Waals surface area contributed by atoms with Crippen LogP contribution in [-0.4, -0.2) is 62.9 Å². The summed E-state index contributed by atoms with van der Waals surface area (Å²) in [7, 11) is 4.35. The zero-order valence-corrected chi connectivity index (χ0v) is 13.7. The standard InChI is InChI=1S/C7H15NO.C6H14N2.C2H6/c1-7(6-9)4-2-3-5-8;1-7-3-5-8(2)6-4-7;1-2/h6-7H,2-5,8H2,1H3;3-6H2,1-2H3;1-2H3. The van der Waals surface area contributed by atoms with Crippen molar-refractivity contribution in [1.29, 1.82) is 0 Å². The van der Waals surface area contributed by atoms with Gasteiger partial charge in [0, 0.05) is 32.1 Å². The van der Waals surface area contributed by atoms with Gasteiger partial charge in [0.1, 0.15) is 6.29 Å². The second-order valence-electron chi connectivity index (χ2n) is 5.00. The monoisotopic (exact) mass is 273 g/mol. The zero-order valence-electron chi connectivity index (χ0n) is 13.7. The Labute approximate surface area is 120 Å². The van der Waals surface area contributed by atoms with Crippen molar-refractivity contribution in [2.45, 2.75) is 40.0 Å². The maximum absolute atomic E-state index is 10.1. The van der Waals surface area contributed by atoms with Crippen LogP contribution in [0.5, 0.6) is 0 Å². The molecule has 1 heterocycles. The summed E-state index contributed by atoms with van der Waals surface area (Å²) >= 11 is 0. The van der Waals surface area contributed by atoms with Crippen LogP contribution in [0.2, 0.25) is 0 Å². The summed E-state index contributed by atoms with van der Waals surface area (Å²) in [6.45, 7) is 11.6. The van der Waals surface area contributed by atoms with Gasteiger partial charge in [0.05, 0.1) is 0 Å². The lowest BCUT2D eigenvalue weighted by Gasteiger charge is -2.28. The van der Waals surface area contributed by atoms with Crippen molar-refractivity contribution >= 4 is 6.29 Å². The predicted molar refractivity (Wildman–Crippen MR) is 84.5 cm³/mol. The highest BCUT2D eigenvalue weighted by Gasteiger charge is 2.07. The van der Waals surface area contributed by atoms with E-state index in [1.807, 2.05) is 20.8 Å². The molecule has 0 aromatic rings. The van der Waals surface area contributed by atoms with Crippen LogP contribution in [-0.2, 0) is 4.79 Å². The molecule has 0 bridgehead atoms. The zero-order chi connectivity index (χ0) is 15.1. The Kier molecular flexibility index (Phi) is 17.1. The lowest BCUT2D eigenvalue weighted by molar-refractivity contribution is -0.110. The molecule has 0 aromatic heterocycles. The van der Waals surface area contributed by atoms with Gasteiger partial charge in [-0.1, -0.05) is 27.2 Å². The highest BCUT2D eigenvalue weighted by molar-refractivity contribution is 5.52. The molecule has 1 aliphatic rings. The quantitative estimate of drug-likeness (QED) is 0.613. The largest absolute Gasteiger partial charge is 0.330 e. The fourth-order valence-electron chi connectivity index (χ4n) is 1.59. The van der Waals surface area contributed by atoms with Gasteiger partial charge in [-0.15, -0.1) is 0 Å². The number of hydrogen-bond donors (Lipinski definition) is 1. The van der Waals surface area contributed by atoms with E-state index in [-0.39, 0.29) is 5.92 Å². The van der Waals surface area contributed by atoms with Gasteiger partial charge >= 0.3 is 0 Å². The molecule has 1 atom stereocenters. The molecule has 0 radical (unpaired) electrons. The molecule has 4 heteroatoms. The molecule has 1 unspecified atom stereocenters. The Hall–Kier alpha value is -0.450. The molecule has 1 rings (SSSR count). The van der Waals surface area contributed by atoms with Crippen molar-refractivity contribution in [3.8, 4) is 0 Å². The molecule has 19 heavy (non-hydrogen) atoms. The number of hydrogen-bond acceptors (Lipinski definition) is 4. The third kappa shape index (κ3) is 15.5. The summed E-state index contributed by atoms with van der Waals surface area (Å²) in [6, 6.07) is 0. The van der Waals surface area contributed by atoms with Gasteiger partial charge in [0.15, 0.2) is 0 Å². The molecule has 0 saturated carbocycles. The lowest BCUT2D eigenvalue weighted by Crippen LogP contribution is -2.42. The van der Waals surface area contributed by atoms with Gasteiger partial charge in [-0.3, -0.25) is 0 Å². The summed E-state index contributed by atoms with van der Waals surface area (Å²) in [5.74, 6) is 0.219. The average Bonchev–Trinajstić information content (AvgIpc) is 2.45. The van der Waals surface area contributed by atoms with E-state index >= 15 is 0 Å². The summed E-state index contributed by atoms with van der Waals surface area (Å²) in [5.41, 5.74) is 5.27. The first-order valence-electron chi connectivity index (χ1n) is 7.62. The molecule has 2 N–H and O–H groups in total. The van der Waals surface area contributed by atoms with E-state index in [1.54, 1.807) is 0 Å². The van der Waals surface area contributed by atoms with E-state index in [2.05, 4.69) is 23.9 Å². The van der Waals surface area contributed by atoms with Crippen molar-refractivity contribution in [1.82, 2.24) is 9.80 Å². The van der Waals surface area contributed by atoms with Crippen LogP contribution in [0.1, 0.15) is 40.0 Å². The van der Waals surface area contributed by atoms with Crippen molar-refractivity contribution < 1.29 is 4.79 Å². The lowest BCUT2D eigenvalue weighted by atomic mass is 10.1. The molecule has 1 saturated heterocycles. The smallest absolute Gasteiger partial charge is 0.122 e. The first-order valence-corrected chi connectivity index (χ1v) is 7.62. The number of piperazine rings is 1. The number of carbonyl (C=O) groups excluding carboxylic acids is 1. The van der Waals surface area contributed by atoms with Crippen molar-refractivity contribution in [3.63, 3.8) is 0 Å². The van der Waals surface area contributed by atoms with Gasteiger partial charge < -0.3 is 20.3 Å². The minimum atomic E-state index is 0.219. The first-order chi connectivity index (χ1) is 9.10. The van der Waals surface area contributed by atoms with Crippen LogP contribution in [0.15, 0.2) is 0 Å². The summed E-state index contributed by atoms with van der Waals surface area (Å²) in [5, 5.41) is 0. The number of likely N-dealkylation sites (N-methyl/N-ethyl adjacent to an activating group) is 2. The number of aldehydes is 1. The summed E-state index contributed by atoms with van der Waals surface area (Å²) < 4.78 is 0. The molecule has 1 fully saturated rings. The Morgan fingerprint density at radius 3 is 1.79 bits per heavy atom. The maximum Gasteiger partial charge on any atom is 0.122 e. The fourth-order valence-corrected chi connectivity index (χ4v) is 1.59. The van der Waals surface area contributed by atoms with Crippen molar-refractivity contribution in [2.24, 2.45) is 11.7 Å². The molecule has 116 valence electrons. The molecule has 1 aliphatic heterocycles. The van der Waals surface area contributed by atoms with Crippen LogP contribution in [0.4, 0.5) is 0 Å². The fraction of sp³-hybridized carbons (Fsp3) is 0.933. The van der Waals surface area contributed by atoms with Crippen LogP contribution in [0.25, 0.3) is 0 Å². The summed E-state index contributed by atoms with van der Waals surface area (Å²) in [6.07, 6.45) is 4.10. The molecular formula is C15H35N3O. The van der Waals surface area contributed by atoms with Gasteiger partial charge in [-0.05, 0) is 33.5 Å². The molecule has 0 aliphatic carbocycles.